The van der Waals surface area contributed by atoms with E-state index in [2.05, 4.69) is 6.92 Å². The second kappa shape index (κ2) is 12.6. The lowest BCUT2D eigenvalue weighted by Crippen LogP contribution is -2.13. The molecule has 5 heteroatoms. The zero-order valence-corrected chi connectivity index (χ0v) is 15.8. The Morgan fingerprint density at radius 1 is 1.08 bits per heavy atom. The molecule has 0 fully saturated rings. The molecule has 0 bridgehead atoms. The highest BCUT2D eigenvalue weighted by molar-refractivity contribution is 6.06. The summed E-state index contributed by atoms with van der Waals surface area (Å²) in [4.78, 5) is 12.2. The molecule has 0 radical (unpaired) electrons. The van der Waals surface area contributed by atoms with Crippen molar-refractivity contribution >= 4 is 5.78 Å². The lowest BCUT2D eigenvalue weighted by molar-refractivity contribution is 0.0420. The Morgan fingerprint density at radius 2 is 1.73 bits per heavy atom. The van der Waals surface area contributed by atoms with Crippen molar-refractivity contribution in [3.63, 3.8) is 0 Å². The molecule has 1 rings (SSSR count). The minimum absolute atomic E-state index is 0.0115. The summed E-state index contributed by atoms with van der Waals surface area (Å²) in [5.74, 6) is -3.16. The van der Waals surface area contributed by atoms with Crippen LogP contribution in [0.5, 0.6) is 5.75 Å². The largest absolute Gasteiger partial charge is 0.467 e. The molecule has 0 saturated carbocycles. The van der Waals surface area contributed by atoms with Crippen molar-refractivity contribution in [3.05, 3.63) is 42.0 Å². The van der Waals surface area contributed by atoms with Crippen molar-refractivity contribution < 1.29 is 23.0 Å². The Labute approximate surface area is 155 Å². The van der Waals surface area contributed by atoms with Gasteiger partial charge in [-0.15, -0.1) is 0 Å². The molecule has 1 aromatic rings. The van der Waals surface area contributed by atoms with Gasteiger partial charge in [0.25, 0.3) is 5.92 Å². The molecule has 0 saturated heterocycles. The van der Waals surface area contributed by atoms with E-state index in [9.17, 15) is 13.6 Å². The molecule has 26 heavy (non-hydrogen) atoms. The van der Waals surface area contributed by atoms with Gasteiger partial charge in [-0.1, -0.05) is 57.6 Å². The number of alkyl halides is 2. The van der Waals surface area contributed by atoms with Gasteiger partial charge in [0.1, 0.15) is 5.75 Å². The molecule has 0 spiro atoms. The highest BCUT2D eigenvalue weighted by atomic mass is 19.3. The Bertz CT molecular complexity index is 556. The second-order valence-electron chi connectivity index (χ2n) is 6.38. The van der Waals surface area contributed by atoms with E-state index in [1.54, 1.807) is 24.3 Å². The number of unbranched alkanes of at least 4 members (excludes halogenated alkanes) is 6. The van der Waals surface area contributed by atoms with Crippen LogP contribution in [-0.2, 0) is 4.74 Å². The molecule has 1 aromatic carbocycles. The number of hydrogen-bond acceptors (Lipinski definition) is 3. The van der Waals surface area contributed by atoms with E-state index < -0.39 is 11.7 Å². The fraction of sp³-hybridized carbons (Fsp3) is 0.571. The summed E-state index contributed by atoms with van der Waals surface area (Å²) >= 11 is 0. The standard InChI is InChI=1S/C21H30F2O3/c1-3-4-5-6-7-8-11-15-21(22,23)16-14-19(24)18-12-9-10-13-20(18)26-17-25-2/h9-10,12-14,16H,3-8,11,15,17H2,1-2H3/b16-14+. The van der Waals surface area contributed by atoms with Gasteiger partial charge in [-0.25, -0.2) is 8.78 Å². The van der Waals surface area contributed by atoms with Crippen LogP contribution in [0.2, 0.25) is 0 Å². The molecule has 0 aliphatic carbocycles. The summed E-state index contributed by atoms with van der Waals surface area (Å²) in [5.41, 5.74) is 0.243. The molecule has 0 amide bonds. The minimum Gasteiger partial charge on any atom is -0.467 e. The maximum Gasteiger partial charge on any atom is 0.266 e. The summed E-state index contributed by atoms with van der Waals surface area (Å²) in [6.07, 6.45) is 8.33. The lowest BCUT2D eigenvalue weighted by Gasteiger charge is -2.12. The third-order valence-corrected chi connectivity index (χ3v) is 4.08. The van der Waals surface area contributed by atoms with Crippen molar-refractivity contribution in [2.75, 3.05) is 13.9 Å². The van der Waals surface area contributed by atoms with Crippen molar-refractivity contribution in [2.45, 2.75) is 64.2 Å². The van der Waals surface area contributed by atoms with Gasteiger partial charge in [0.05, 0.1) is 5.56 Å². The van der Waals surface area contributed by atoms with Gasteiger partial charge in [-0.2, -0.15) is 0 Å². The van der Waals surface area contributed by atoms with Gasteiger partial charge in [0.2, 0.25) is 0 Å². The molecule has 0 unspecified atom stereocenters. The van der Waals surface area contributed by atoms with Crippen molar-refractivity contribution in [3.8, 4) is 5.75 Å². The number of carbonyl (C=O) groups excluding carboxylic acids is 1. The summed E-state index contributed by atoms with van der Waals surface area (Å²) in [6, 6.07) is 6.53. The fourth-order valence-electron chi connectivity index (χ4n) is 2.61. The number of benzene rings is 1. The first-order valence-corrected chi connectivity index (χ1v) is 9.32. The summed E-state index contributed by atoms with van der Waals surface area (Å²) in [6.45, 7) is 2.14. The van der Waals surface area contributed by atoms with E-state index in [1.165, 1.54) is 26.4 Å². The number of para-hydroxylation sites is 1. The SMILES string of the molecule is CCCCCCCCCC(F)(F)/C=C/C(=O)c1ccccc1OCOC. The van der Waals surface area contributed by atoms with Gasteiger partial charge in [0, 0.05) is 13.5 Å². The second-order valence-corrected chi connectivity index (χ2v) is 6.38. The lowest BCUT2D eigenvalue weighted by atomic mass is 10.0. The number of halogens is 2. The third kappa shape index (κ3) is 9.09. The van der Waals surface area contributed by atoms with Crippen LogP contribution in [0.1, 0.15) is 68.6 Å². The van der Waals surface area contributed by atoms with Gasteiger partial charge < -0.3 is 9.47 Å². The van der Waals surface area contributed by atoms with Crippen LogP contribution in [0.4, 0.5) is 8.78 Å². The Balaban J connectivity index is 2.48. The molecular weight excluding hydrogens is 338 g/mol. The van der Waals surface area contributed by atoms with Crippen molar-refractivity contribution in [2.24, 2.45) is 0 Å². The van der Waals surface area contributed by atoms with Crippen molar-refractivity contribution in [1.29, 1.82) is 0 Å². The van der Waals surface area contributed by atoms with E-state index in [0.29, 0.717) is 18.2 Å². The molecule has 0 heterocycles. The molecule has 3 nitrogen and oxygen atoms in total. The highest BCUT2D eigenvalue weighted by Gasteiger charge is 2.24. The predicted molar refractivity (Wildman–Crippen MR) is 100.0 cm³/mol. The average molecular weight is 368 g/mol. The number of allylic oxidation sites excluding steroid dienone is 2. The zero-order valence-electron chi connectivity index (χ0n) is 15.8. The predicted octanol–water partition coefficient (Wildman–Crippen LogP) is 6.18. The third-order valence-electron chi connectivity index (χ3n) is 4.08. The van der Waals surface area contributed by atoms with Crippen LogP contribution in [0.25, 0.3) is 0 Å². The van der Waals surface area contributed by atoms with Crippen LogP contribution >= 0.6 is 0 Å². The fourth-order valence-corrected chi connectivity index (χ4v) is 2.61. The monoisotopic (exact) mass is 368 g/mol. The summed E-state index contributed by atoms with van der Waals surface area (Å²) < 4.78 is 38.0. The van der Waals surface area contributed by atoms with E-state index in [4.69, 9.17) is 9.47 Å². The molecule has 0 aromatic heterocycles. The zero-order chi connectivity index (χ0) is 19.3. The normalized spacial score (nSPS) is 11.8. The van der Waals surface area contributed by atoms with Crippen LogP contribution in [0.15, 0.2) is 36.4 Å². The first-order valence-electron chi connectivity index (χ1n) is 9.32. The van der Waals surface area contributed by atoms with Gasteiger partial charge in [0.15, 0.2) is 12.6 Å². The highest BCUT2D eigenvalue weighted by Crippen LogP contribution is 2.25. The maximum atomic E-state index is 13.9. The topological polar surface area (TPSA) is 35.5 Å². The van der Waals surface area contributed by atoms with Crippen LogP contribution in [0.3, 0.4) is 0 Å². The smallest absolute Gasteiger partial charge is 0.266 e. The van der Waals surface area contributed by atoms with E-state index in [-0.39, 0.29) is 18.8 Å². The molecule has 146 valence electrons. The molecular formula is C21H30F2O3. The van der Waals surface area contributed by atoms with Crippen LogP contribution in [-0.4, -0.2) is 25.6 Å². The molecule has 0 N–H and O–H groups in total. The van der Waals surface area contributed by atoms with Crippen molar-refractivity contribution in [1.82, 2.24) is 0 Å². The summed E-state index contributed by atoms with van der Waals surface area (Å²) in [7, 11) is 1.47. The molecule has 0 aliphatic rings. The number of rotatable bonds is 14. The average Bonchev–Trinajstić information content (AvgIpc) is 2.64. The number of carbonyl (C=O) groups is 1. The number of ether oxygens (including phenoxy) is 2. The maximum absolute atomic E-state index is 13.9. The van der Waals surface area contributed by atoms with E-state index in [1.807, 2.05) is 0 Å². The molecule has 0 aliphatic heterocycles. The van der Waals surface area contributed by atoms with Gasteiger partial charge in [-0.05, 0) is 30.7 Å². The van der Waals surface area contributed by atoms with Gasteiger partial charge >= 0.3 is 0 Å². The van der Waals surface area contributed by atoms with E-state index in [0.717, 1.165) is 25.3 Å². The quantitative estimate of drug-likeness (QED) is 0.170. The first-order chi connectivity index (χ1) is 12.5. The first kappa shape index (κ1) is 22.3. The minimum atomic E-state index is -2.97. The Morgan fingerprint density at radius 3 is 2.42 bits per heavy atom. The Hall–Kier alpha value is -1.75. The summed E-state index contributed by atoms with van der Waals surface area (Å²) in [5, 5.41) is 0. The molecule has 0 atom stereocenters. The van der Waals surface area contributed by atoms with Crippen LogP contribution < -0.4 is 4.74 Å². The van der Waals surface area contributed by atoms with E-state index >= 15 is 0 Å². The van der Waals surface area contributed by atoms with Crippen LogP contribution in [0, 0.1) is 0 Å². The Kier molecular flexibility index (Phi) is 10.8. The van der Waals surface area contributed by atoms with Gasteiger partial charge in [-0.3, -0.25) is 4.79 Å². The number of hydrogen-bond donors (Lipinski definition) is 0. The number of ketones is 1. The number of methoxy groups -OCH3 is 1.